The molecule has 0 aliphatic rings. The van der Waals surface area contributed by atoms with Crippen molar-refractivity contribution in [1.82, 2.24) is 10.1 Å². The predicted molar refractivity (Wildman–Crippen MR) is 69.4 cm³/mol. The number of benzene rings is 1. The van der Waals surface area contributed by atoms with Gasteiger partial charge in [-0.2, -0.15) is 4.98 Å². The number of hydrogen-bond acceptors (Lipinski definition) is 5. The average Bonchev–Trinajstić information content (AvgIpc) is 2.78. The van der Waals surface area contributed by atoms with E-state index in [0.717, 1.165) is 6.42 Å². The number of methoxy groups -OCH3 is 1. The summed E-state index contributed by atoms with van der Waals surface area (Å²) >= 11 is 6.07. The number of hydrogen-bond donors (Lipinski definition) is 1. The first-order valence-electron chi connectivity index (χ1n) is 5.57. The SMILES string of the molecule is COCCCc1noc(-c2ccc(N)cc2Cl)n1. The molecule has 96 valence electrons. The van der Waals surface area contributed by atoms with Gasteiger partial charge in [-0.3, -0.25) is 0 Å². The molecule has 0 bridgehead atoms. The maximum absolute atomic E-state index is 6.07. The number of nitrogens with zero attached hydrogens (tertiary/aromatic N) is 2. The highest BCUT2D eigenvalue weighted by molar-refractivity contribution is 6.33. The molecule has 18 heavy (non-hydrogen) atoms. The van der Waals surface area contributed by atoms with Crippen molar-refractivity contribution in [2.24, 2.45) is 0 Å². The van der Waals surface area contributed by atoms with Gasteiger partial charge in [-0.25, -0.2) is 0 Å². The maximum atomic E-state index is 6.07. The molecule has 1 heterocycles. The third-order valence-corrected chi connectivity index (χ3v) is 2.75. The van der Waals surface area contributed by atoms with E-state index in [0.29, 0.717) is 41.0 Å². The first-order valence-corrected chi connectivity index (χ1v) is 5.95. The molecule has 0 saturated heterocycles. The summed E-state index contributed by atoms with van der Waals surface area (Å²) in [4.78, 5) is 4.28. The summed E-state index contributed by atoms with van der Waals surface area (Å²) in [6.45, 7) is 0.673. The van der Waals surface area contributed by atoms with Crippen LogP contribution in [0, 0.1) is 0 Å². The average molecular weight is 268 g/mol. The fourth-order valence-corrected chi connectivity index (χ4v) is 1.81. The second kappa shape index (κ2) is 5.84. The minimum absolute atomic E-state index is 0.410. The van der Waals surface area contributed by atoms with Crippen molar-refractivity contribution in [2.75, 3.05) is 19.5 Å². The number of anilines is 1. The Bertz CT molecular complexity index is 528. The first-order chi connectivity index (χ1) is 8.70. The molecule has 0 unspecified atom stereocenters. The minimum atomic E-state index is 0.410. The zero-order valence-corrected chi connectivity index (χ0v) is 10.8. The van der Waals surface area contributed by atoms with Crippen LogP contribution in [0.1, 0.15) is 12.2 Å². The Morgan fingerprint density at radius 2 is 2.28 bits per heavy atom. The van der Waals surface area contributed by atoms with E-state index in [2.05, 4.69) is 10.1 Å². The number of halogens is 1. The normalized spacial score (nSPS) is 10.8. The van der Waals surface area contributed by atoms with Crippen LogP contribution in [-0.2, 0) is 11.2 Å². The highest BCUT2D eigenvalue weighted by Crippen LogP contribution is 2.28. The molecule has 0 fully saturated rings. The Morgan fingerprint density at radius 1 is 1.44 bits per heavy atom. The molecule has 0 aliphatic heterocycles. The quantitative estimate of drug-likeness (QED) is 0.666. The van der Waals surface area contributed by atoms with E-state index in [-0.39, 0.29) is 0 Å². The molecule has 0 saturated carbocycles. The Balaban J connectivity index is 2.13. The lowest BCUT2D eigenvalue weighted by Crippen LogP contribution is -1.94. The summed E-state index contributed by atoms with van der Waals surface area (Å²) < 4.78 is 10.1. The lowest BCUT2D eigenvalue weighted by Gasteiger charge is -1.99. The van der Waals surface area contributed by atoms with E-state index in [4.69, 9.17) is 26.6 Å². The summed E-state index contributed by atoms with van der Waals surface area (Å²) in [6.07, 6.45) is 1.56. The van der Waals surface area contributed by atoms with Crippen LogP contribution in [0.25, 0.3) is 11.5 Å². The zero-order chi connectivity index (χ0) is 13.0. The Morgan fingerprint density at radius 3 is 3.00 bits per heavy atom. The molecule has 0 atom stereocenters. The van der Waals surface area contributed by atoms with Crippen LogP contribution in [0.5, 0.6) is 0 Å². The molecule has 0 aliphatic carbocycles. The Hall–Kier alpha value is -1.59. The standard InChI is InChI=1S/C12H14ClN3O2/c1-17-6-2-3-11-15-12(18-16-11)9-5-4-8(14)7-10(9)13/h4-5,7H,2-3,6,14H2,1H3. The molecule has 6 heteroatoms. The molecule has 0 spiro atoms. The molecule has 2 aromatic rings. The van der Waals surface area contributed by atoms with Gasteiger partial charge in [0.25, 0.3) is 5.89 Å². The zero-order valence-electron chi connectivity index (χ0n) is 10.0. The molecule has 0 amide bonds. The third-order valence-electron chi connectivity index (χ3n) is 2.44. The number of ether oxygens (including phenoxy) is 1. The smallest absolute Gasteiger partial charge is 0.259 e. The van der Waals surface area contributed by atoms with Gasteiger partial charge < -0.3 is 15.0 Å². The number of nitrogens with two attached hydrogens (primary N) is 1. The summed E-state index contributed by atoms with van der Waals surface area (Å²) in [7, 11) is 1.66. The topological polar surface area (TPSA) is 74.2 Å². The maximum Gasteiger partial charge on any atom is 0.259 e. The van der Waals surface area contributed by atoms with Crippen molar-refractivity contribution < 1.29 is 9.26 Å². The van der Waals surface area contributed by atoms with Gasteiger partial charge in [0.2, 0.25) is 0 Å². The molecular formula is C12H14ClN3O2. The van der Waals surface area contributed by atoms with Crippen LogP contribution in [0.2, 0.25) is 5.02 Å². The van der Waals surface area contributed by atoms with Crippen LogP contribution in [-0.4, -0.2) is 23.9 Å². The monoisotopic (exact) mass is 267 g/mol. The van der Waals surface area contributed by atoms with Gasteiger partial charge in [-0.15, -0.1) is 0 Å². The fraction of sp³-hybridized carbons (Fsp3) is 0.333. The van der Waals surface area contributed by atoms with E-state index >= 15 is 0 Å². The number of aryl methyl sites for hydroxylation is 1. The summed E-state index contributed by atoms with van der Waals surface area (Å²) in [5.41, 5.74) is 6.92. The molecule has 1 aromatic carbocycles. The lowest BCUT2D eigenvalue weighted by atomic mass is 10.2. The van der Waals surface area contributed by atoms with Gasteiger partial charge >= 0.3 is 0 Å². The third kappa shape index (κ3) is 3.00. The van der Waals surface area contributed by atoms with Crippen LogP contribution < -0.4 is 5.73 Å². The molecule has 2 rings (SSSR count). The minimum Gasteiger partial charge on any atom is -0.399 e. The van der Waals surface area contributed by atoms with Crippen molar-refractivity contribution in [1.29, 1.82) is 0 Å². The summed E-state index contributed by atoms with van der Waals surface area (Å²) in [5, 5.41) is 4.40. The van der Waals surface area contributed by atoms with Crippen molar-refractivity contribution in [3.63, 3.8) is 0 Å². The highest BCUT2D eigenvalue weighted by Gasteiger charge is 2.12. The van der Waals surface area contributed by atoms with Crippen molar-refractivity contribution >= 4 is 17.3 Å². The van der Waals surface area contributed by atoms with Crippen molar-refractivity contribution in [3.05, 3.63) is 29.0 Å². The van der Waals surface area contributed by atoms with Gasteiger partial charge in [0, 0.05) is 25.8 Å². The molecule has 1 aromatic heterocycles. The van der Waals surface area contributed by atoms with E-state index in [1.54, 1.807) is 25.3 Å². The molecule has 0 radical (unpaired) electrons. The number of rotatable bonds is 5. The first kappa shape index (κ1) is 12.9. The van der Waals surface area contributed by atoms with E-state index in [1.165, 1.54) is 0 Å². The largest absolute Gasteiger partial charge is 0.399 e. The second-order valence-electron chi connectivity index (χ2n) is 3.85. The fourth-order valence-electron chi connectivity index (χ4n) is 1.54. The predicted octanol–water partition coefficient (Wildman–Crippen LogP) is 2.55. The van der Waals surface area contributed by atoms with Gasteiger partial charge in [-0.1, -0.05) is 16.8 Å². The van der Waals surface area contributed by atoms with Crippen LogP contribution >= 0.6 is 11.6 Å². The Kier molecular flexibility index (Phi) is 4.17. The number of nitrogen functional groups attached to an aromatic ring is 1. The van der Waals surface area contributed by atoms with Crippen LogP contribution in [0.15, 0.2) is 22.7 Å². The van der Waals surface area contributed by atoms with Gasteiger partial charge in [0.15, 0.2) is 5.82 Å². The van der Waals surface area contributed by atoms with Crippen molar-refractivity contribution in [2.45, 2.75) is 12.8 Å². The summed E-state index contributed by atoms with van der Waals surface area (Å²) in [5.74, 6) is 1.06. The lowest BCUT2D eigenvalue weighted by molar-refractivity contribution is 0.194. The second-order valence-corrected chi connectivity index (χ2v) is 4.26. The highest BCUT2D eigenvalue weighted by atomic mass is 35.5. The van der Waals surface area contributed by atoms with Gasteiger partial charge in [-0.05, 0) is 24.6 Å². The van der Waals surface area contributed by atoms with E-state index in [1.807, 2.05) is 0 Å². The van der Waals surface area contributed by atoms with E-state index in [9.17, 15) is 0 Å². The van der Waals surface area contributed by atoms with Crippen LogP contribution in [0.3, 0.4) is 0 Å². The number of aromatic nitrogens is 2. The van der Waals surface area contributed by atoms with Gasteiger partial charge in [0.1, 0.15) is 0 Å². The molecule has 5 nitrogen and oxygen atoms in total. The molecular weight excluding hydrogens is 254 g/mol. The summed E-state index contributed by atoms with van der Waals surface area (Å²) in [6, 6.07) is 5.17. The van der Waals surface area contributed by atoms with Crippen molar-refractivity contribution in [3.8, 4) is 11.5 Å². The van der Waals surface area contributed by atoms with Gasteiger partial charge in [0.05, 0.1) is 10.6 Å². The van der Waals surface area contributed by atoms with Crippen LogP contribution in [0.4, 0.5) is 5.69 Å². The molecule has 2 N–H and O–H groups in total. The Labute approximate surface area is 110 Å². The van der Waals surface area contributed by atoms with E-state index < -0.39 is 0 Å².